The fourth-order valence-corrected chi connectivity index (χ4v) is 1.85. The van der Waals surface area contributed by atoms with E-state index in [0.717, 1.165) is 0 Å². The molecule has 0 saturated carbocycles. The van der Waals surface area contributed by atoms with Crippen LogP contribution in [-0.4, -0.2) is 31.3 Å². The maximum absolute atomic E-state index is 13.1. The van der Waals surface area contributed by atoms with Crippen LogP contribution in [0.25, 0.3) is 0 Å². The van der Waals surface area contributed by atoms with Crippen LogP contribution in [0, 0.1) is 5.82 Å². The number of halogens is 2. The van der Waals surface area contributed by atoms with E-state index in [4.69, 9.17) is 9.84 Å². The quantitative estimate of drug-likeness (QED) is 0.789. The first kappa shape index (κ1) is 14.1. The summed E-state index contributed by atoms with van der Waals surface area (Å²) in [4.78, 5) is 11.1. The summed E-state index contributed by atoms with van der Waals surface area (Å²) in [5.41, 5.74) is 0.355. The Kier molecular flexibility index (Phi) is 5.54. The van der Waals surface area contributed by atoms with Crippen molar-refractivity contribution in [2.24, 2.45) is 0 Å². The summed E-state index contributed by atoms with van der Waals surface area (Å²) in [6.07, 6.45) is 0. The van der Waals surface area contributed by atoms with Crippen LogP contribution >= 0.6 is 15.9 Å². The van der Waals surface area contributed by atoms with Gasteiger partial charge in [0.15, 0.2) is 0 Å². The number of hydrogen-bond donors (Lipinski definition) is 2. The Morgan fingerprint density at radius 1 is 1.65 bits per heavy atom. The van der Waals surface area contributed by atoms with Gasteiger partial charge in [0.2, 0.25) is 0 Å². The molecule has 17 heavy (non-hydrogen) atoms. The number of carboxylic acids is 1. The number of benzene rings is 1. The van der Waals surface area contributed by atoms with Crippen molar-refractivity contribution in [3.8, 4) is 0 Å². The second-order valence-electron chi connectivity index (χ2n) is 3.38. The summed E-state index contributed by atoms with van der Waals surface area (Å²) in [5.74, 6) is -1.53. The molecular formula is C11H13BrFNO3. The highest BCUT2D eigenvalue weighted by atomic mass is 79.9. The van der Waals surface area contributed by atoms with Gasteiger partial charge in [0.05, 0.1) is 6.61 Å². The summed E-state index contributed by atoms with van der Waals surface area (Å²) in [5, 5.41) is 11.9. The molecule has 0 heterocycles. The van der Waals surface area contributed by atoms with Crippen molar-refractivity contribution < 1.29 is 19.0 Å². The summed E-state index contributed by atoms with van der Waals surface area (Å²) in [6.45, 7) is 0.757. The normalized spacial score (nSPS) is 12.4. The minimum Gasteiger partial charge on any atom is -0.480 e. The van der Waals surface area contributed by atoms with Crippen LogP contribution in [-0.2, 0) is 9.53 Å². The summed E-state index contributed by atoms with van der Waals surface area (Å²) in [7, 11) is 1.52. The van der Waals surface area contributed by atoms with E-state index in [0.29, 0.717) is 23.2 Å². The van der Waals surface area contributed by atoms with E-state index in [1.165, 1.54) is 25.3 Å². The number of rotatable bonds is 6. The largest absolute Gasteiger partial charge is 0.480 e. The lowest BCUT2D eigenvalue weighted by Crippen LogP contribution is -2.31. The molecule has 1 aromatic carbocycles. The van der Waals surface area contributed by atoms with Crippen LogP contribution < -0.4 is 5.32 Å². The van der Waals surface area contributed by atoms with E-state index < -0.39 is 17.8 Å². The van der Waals surface area contributed by atoms with E-state index in [9.17, 15) is 9.18 Å². The van der Waals surface area contributed by atoms with E-state index in [2.05, 4.69) is 21.2 Å². The average molecular weight is 306 g/mol. The molecule has 0 fully saturated rings. The summed E-state index contributed by atoms with van der Waals surface area (Å²) in [6, 6.07) is 2.98. The standard InChI is InChI=1S/C11H13BrFNO3/c1-17-5-4-14-10(11(15)16)8-6-7(13)2-3-9(8)12/h2-3,6,10,14H,4-5H2,1H3,(H,15,16). The molecule has 0 aliphatic heterocycles. The van der Waals surface area contributed by atoms with Gasteiger partial charge in [-0.05, 0) is 23.8 Å². The van der Waals surface area contributed by atoms with Gasteiger partial charge >= 0.3 is 5.97 Å². The van der Waals surface area contributed by atoms with Crippen molar-refractivity contribution >= 4 is 21.9 Å². The Labute approximate surface area is 107 Å². The van der Waals surface area contributed by atoms with Gasteiger partial charge in [0.25, 0.3) is 0 Å². The van der Waals surface area contributed by atoms with Gasteiger partial charge in [-0.15, -0.1) is 0 Å². The van der Waals surface area contributed by atoms with Crippen LogP contribution in [0.15, 0.2) is 22.7 Å². The van der Waals surface area contributed by atoms with Crippen LogP contribution in [0.5, 0.6) is 0 Å². The first-order valence-corrected chi connectivity index (χ1v) is 5.75. The molecule has 94 valence electrons. The van der Waals surface area contributed by atoms with Crippen LogP contribution in [0.4, 0.5) is 4.39 Å². The number of carbonyl (C=O) groups is 1. The Bertz CT molecular complexity index is 400. The van der Waals surface area contributed by atoms with E-state index in [1.807, 2.05) is 0 Å². The highest BCUT2D eigenvalue weighted by Crippen LogP contribution is 2.24. The van der Waals surface area contributed by atoms with Crippen molar-refractivity contribution in [2.45, 2.75) is 6.04 Å². The van der Waals surface area contributed by atoms with Gasteiger partial charge in [-0.2, -0.15) is 0 Å². The number of hydrogen-bond acceptors (Lipinski definition) is 3. The molecule has 4 nitrogen and oxygen atoms in total. The molecule has 2 N–H and O–H groups in total. The zero-order valence-corrected chi connectivity index (χ0v) is 10.8. The monoisotopic (exact) mass is 305 g/mol. The number of nitrogens with one attached hydrogen (secondary N) is 1. The third-order valence-electron chi connectivity index (χ3n) is 2.17. The number of ether oxygens (including phenoxy) is 1. The molecule has 1 aromatic rings. The van der Waals surface area contributed by atoms with Gasteiger partial charge in [-0.1, -0.05) is 15.9 Å². The molecule has 0 bridgehead atoms. The molecule has 0 aliphatic carbocycles. The third kappa shape index (κ3) is 4.07. The Hall–Kier alpha value is -0.980. The number of methoxy groups -OCH3 is 1. The molecule has 0 radical (unpaired) electrons. The minimum atomic E-state index is -1.06. The lowest BCUT2D eigenvalue weighted by molar-refractivity contribution is -0.139. The van der Waals surface area contributed by atoms with Crippen molar-refractivity contribution in [3.05, 3.63) is 34.1 Å². The smallest absolute Gasteiger partial charge is 0.325 e. The van der Waals surface area contributed by atoms with Crippen molar-refractivity contribution in [1.82, 2.24) is 5.32 Å². The zero-order valence-electron chi connectivity index (χ0n) is 9.24. The van der Waals surface area contributed by atoms with Crippen molar-refractivity contribution in [1.29, 1.82) is 0 Å². The van der Waals surface area contributed by atoms with Gasteiger partial charge in [0, 0.05) is 18.1 Å². The second-order valence-corrected chi connectivity index (χ2v) is 4.24. The van der Waals surface area contributed by atoms with Gasteiger partial charge in [-0.3, -0.25) is 10.1 Å². The third-order valence-corrected chi connectivity index (χ3v) is 2.89. The average Bonchev–Trinajstić information content (AvgIpc) is 2.28. The Morgan fingerprint density at radius 3 is 2.94 bits per heavy atom. The summed E-state index contributed by atoms with van der Waals surface area (Å²) >= 11 is 3.21. The Morgan fingerprint density at radius 2 is 2.35 bits per heavy atom. The van der Waals surface area contributed by atoms with Crippen LogP contribution in [0.1, 0.15) is 11.6 Å². The van der Waals surface area contributed by atoms with E-state index in [1.54, 1.807) is 0 Å². The number of carboxylic acid groups (broad SMARTS) is 1. The van der Waals surface area contributed by atoms with Crippen LogP contribution in [0.3, 0.4) is 0 Å². The molecule has 6 heteroatoms. The molecule has 0 amide bonds. The van der Waals surface area contributed by atoms with Crippen LogP contribution in [0.2, 0.25) is 0 Å². The first-order valence-electron chi connectivity index (χ1n) is 4.96. The lowest BCUT2D eigenvalue weighted by Gasteiger charge is -2.16. The highest BCUT2D eigenvalue weighted by Gasteiger charge is 2.21. The molecule has 0 aliphatic rings. The maximum atomic E-state index is 13.1. The lowest BCUT2D eigenvalue weighted by atomic mass is 10.1. The zero-order chi connectivity index (χ0) is 12.8. The molecule has 1 rings (SSSR count). The number of aliphatic carboxylic acids is 1. The van der Waals surface area contributed by atoms with Gasteiger partial charge in [0.1, 0.15) is 11.9 Å². The fourth-order valence-electron chi connectivity index (χ4n) is 1.37. The second kappa shape index (κ2) is 6.68. The molecular weight excluding hydrogens is 293 g/mol. The van der Waals surface area contributed by atoms with Crippen molar-refractivity contribution in [2.75, 3.05) is 20.3 Å². The molecule has 0 saturated heterocycles. The summed E-state index contributed by atoms with van der Waals surface area (Å²) < 4.78 is 18.5. The molecule has 1 atom stereocenters. The molecule has 1 unspecified atom stereocenters. The molecule has 0 spiro atoms. The van der Waals surface area contributed by atoms with E-state index >= 15 is 0 Å². The molecule has 0 aromatic heterocycles. The fraction of sp³-hybridized carbons (Fsp3) is 0.364. The van der Waals surface area contributed by atoms with Gasteiger partial charge < -0.3 is 9.84 Å². The van der Waals surface area contributed by atoms with Crippen molar-refractivity contribution in [3.63, 3.8) is 0 Å². The SMILES string of the molecule is COCCNC(C(=O)O)c1cc(F)ccc1Br. The maximum Gasteiger partial charge on any atom is 0.325 e. The Balaban J connectivity index is 2.89. The topological polar surface area (TPSA) is 58.6 Å². The first-order chi connectivity index (χ1) is 8.06. The minimum absolute atomic E-state index is 0.355. The van der Waals surface area contributed by atoms with Gasteiger partial charge in [-0.25, -0.2) is 4.39 Å². The predicted molar refractivity (Wildman–Crippen MR) is 64.4 cm³/mol. The predicted octanol–water partition coefficient (Wildman–Crippen LogP) is 1.95. The highest BCUT2D eigenvalue weighted by molar-refractivity contribution is 9.10. The van der Waals surface area contributed by atoms with E-state index in [-0.39, 0.29) is 0 Å².